The third-order valence-electron chi connectivity index (χ3n) is 2.84. The molecule has 0 saturated heterocycles. The van der Waals surface area contributed by atoms with Crippen LogP contribution in [0.25, 0.3) is 0 Å². The minimum atomic E-state index is -0.797. The zero-order valence-corrected chi connectivity index (χ0v) is 10.9. The number of hydrogen-bond donors (Lipinski definition) is 1. The van der Waals surface area contributed by atoms with E-state index < -0.39 is 5.97 Å². The van der Waals surface area contributed by atoms with Gasteiger partial charge >= 0.3 is 5.97 Å². The van der Waals surface area contributed by atoms with E-state index in [4.69, 9.17) is 5.11 Å². The maximum Gasteiger partial charge on any atom is 0.305 e. The smallest absolute Gasteiger partial charge is 0.305 e. The molecule has 100 valence electrons. The van der Waals surface area contributed by atoms with E-state index in [1.54, 1.807) is 4.68 Å². The molecule has 2 rings (SSSR count). The van der Waals surface area contributed by atoms with Gasteiger partial charge in [0.2, 0.25) is 0 Å². The minimum absolute atomic E-state index is 0.101. The normalized spacial score (nSPS) is 10.4. The fourth-order valence-electron chi connectivity index (χ4n) is 1.88. The second-order valence-corrected chi connectivity index (χ2v) is 4.40. The monoisotopic (exact) mass is 259 g/mol. The molecule has 5 nitrogen and oxygen atoms in total. The molecule has 19 heavy (non-hydrogen) atoms. The maximum absolute atomic E-state index is 10.7. The van der Waals surface area contributed by atoms with Gasteiger partial charge in [0.1, 0.15) is 0 Å². The summed E-state index contributed by atoms with van der Waals surface area (Å²) in [6.45, 7) is 1.10. The molecule has 1 heterocycles. The van der Waals surface area contributed by atoms with E-state index in [-0.39, 0.29) is 6.42 Å². The summed E-state index contributed by atoms with van der Waals surface area (Å²) < 4.78 is 1.72. The van der Waals surface area contributed by atoms with E-state index >= 15 is 0 Å². The number of rotatable bonds is 6. The number of benzene rings is 1. The van der Waals surface area contributed by atoms with Crippen LogP contribution in [0.3, 0.4) is 0 Å². The van der Waals surface area contributed by atoms with E-state index in [0.717, 1.165) is 11.4 Å². The summed E-state index contributed by atoms with van der Waals surface area (Å²) in [5.41, 5.74) is 1.14. The third-order valence-corrected chi connectivity index (χ3v) is 2.84. The Hall–Kier alpha value is -2.30. The number of carboxylic acid groups (broad SMARTS) is 1. The lowest BCUT2D eigenvalue weighted by atomic mass is 10.2. The van der Waals surface area contributed by atoms with Crippen molar-refractivity contribution in [2.75, 3.05) is 11.4 Å². The Morgan fingerprint density at radius 3 is 2.63 bits per heavy atom. The maximum atomic E-state index is 10.7. The number of carboxylic acids is 1. The summed E-state index contributed by atoms with van der Waals surface area (Å²) in [5, 5.41) is 13.2. The standard InChI is InChI=1S/C14H17N3O2/c1-16-9-7-13(15-16)17(10-8-14(18)19)11-12-5-3-2-4-6-12/h2-7,9H,8,10-11H2,1H3,(H,18,19). The highest BCUT2D eigenvalue weighted by atomic mass is 16.4. The van der Waals surface area contributed by atoms with Crippen LogP contribution in [0.15, 0.2) is 42.6 Å². The average molecular weight is 259 g/mol. The van der Waals surface area contributed by atoms with Crippen molar-refractivity contribution in [3.05, 3.63) is 48.2 Å². The molecule has 1 N–H and O–H groups in total. The zero-order valence-electron chi connectivity index (χ0n) is 10.9. The number of aryl methyl sites for hydroxylation is 1. The van der Waals surface area contributed by atoms with Crippen LogP contribution in [-0.4, -0.2) is 27.4 Å². The number of anilines is 1. The van der Waals surface area contributed by atoms with Gasteiger partial charge in [-0.2, -0.15) is 5.10 Å². The Morgan fingerprint density at radius 2 is 2.05 bits per heavy atom. The van der Waals surface area contributed by atoms with Crippen LogP contribution in [0, 0.1) is 0 Å². The van der Waals surface area contributed by atoms with Crippen molar-refractivity contribution in [3.63, 3.8) is 0 Å². The Kier molecular flexibility index (Phi) is 4.18. The van der Waals surface area contributed by atoms with Gasteiger partial charge in [0, 0.05) is 32.4 Å². The van der Waals surface area contributed by atoms with Crippen LogP contribution in [0.5, 0.6) is 0 Å². The molecule has 0 fully saturated rings. The fraction of sp³-hybridized carbons (Fsp3) is 0.286. The summed E-state index contributed by atoms with van der Waals surface area (Å²) >= 11 is 0. The topological polar surface area (TPSA) is 58.4 Å². The van der Waals surface area contributed by atoms with Crippen molar-refractivity contribution in [1.29, 1.82) is 0 Å². The summed E-state index contributed by atoms with van der Waals surface area (Å²) in [6, 6.07) is 11.9. The molecule has 0 unspecified atom stereocenters. The summed E-state index contributed by atoms with van der Waals surface area (Å²) in [6.07, 6.45) is 1.96. The Bertz CT molecular complexity index is 537. The number of nitrogens with zero attached hydrogens (tertiary/aromatic N) is 3. The molecule has 0 radical (unpaired) electrons. The molecule has 0 spiro atoms. The predicted molar refractivity (Wildman–Crippen MR) is 73.0 cm³/mol. The van der Waals surface area contributed by atoms with E-state index in [2.05, 4.69) is 5.10 Å². The number of carbonyl (C=O) groups is 1. The van der Waals surface area contributed by atoms with Crippen molar-refractivity contribution in [2.45, 2.75) is 13.0 Å². The van der Waals surface area contributed by atoms with Crippen molar-refractivity contribution < 1.29 is 9.90 Å². The van der Waals surface area contributed by atoms with Gasteiger partial charge in [-0.15, -0.1) is 0 Å². The molecule has 1 aromatic heterocycles. The Balaban J connectivity index is 2.12. The van der Waals surface area contributed by atoms with Crippen molar-refractivity contribution in [2.24, 2.45) is 7.05 Å². The molecule has 0 atom stereocenters. The molecule has 0 aliphatic rings. The number of aliphatic carboxylic acids is 1. The molecule has 0 amide bonds. The first-order valence-corrected chi connectivity index (χ1v) is 6.15. The van der Waals surface area contributed by atoms with Crippen molar-refractivity contribution in [3.8, 4) is 0 Å². The molecular formula is C14H17N3O2. The lowest BCUT2D eigenvalue weighted by Gasteiger charge is -2.21. The van der Waals surface area contributed by atoms with Gasteiger partial charge in [-0.1, -0.05) is 30.3 Å². The van der Waals surface area contributed by atoms with Crippen LogP contribution < -0.4 is 4.90 Å². The van der Waals surface area contributed by atoms with Gasteiger partial charge < -0.3 is 10.0 Å². The van der Waals surface area contributed by atoms with Crippen molar-refractivity contribution >= 4 is 11.8 Å². The summed E-state index contributed by atoms with van der Waals surface area (Å²) in [4.78, 5) is 12.7. The Morgan fingerprint density at radius 1 is 1.32 bits per heavy atom. The predicted octanol–water partition coefficient (Wildman–Crippen LogP) is 1.90. The number of hydrogen-bond acceptors (Lipinski definition) is 3. The van der Waals surface area contributed by atoms with Crippen LogP contribution in [0.4, 0.5) is 5.82 Å². The first-order chi connectivity index (χ1) is 9.15. The van der Waals surface area contributed by atoms with E-state index in [0.29, 0.717) is 13.1 Å². The molecule has 1 aromatic carbocycles. The van der Waals surface area contributed by atoms with Gasteiger partial charge in [0.15, 0.2) is 5.82 Å². The van der Waals surface area contributed by atoms with E-state index in [1.165, 1.54) is 0 Å². The van der Waals surface area contributed by atoms with Gasteiger partial charge in [-0.05, 0) is 5.56 Å². The largest absolute Gasteiger partial charge is 0.481 e. The first kappa shape index (κ1) is 13.1. The van der Waals surface area contributed by atoms with Gasteiger partial charge in [0.05, 0.1) is 6.42 Å². The second-order valence-electron chi connectivity index (χ2n) is 4.40. The SMILES string of the molecule is Cn1ccc(N(CCC(=O)O)Cc2ccccc2)n1. The summed E-state index contributed by atoms with van der Waals surface area (Å²) in [5.74, 6) is 0.00148. The lowest BCUT2D eigenvalue weighted by Crippen LogP contribution is -2.26. The van der Waals surface area contributed by atoms with Crippen LogP contribution >= 0.6 is 0 Å². The highest BCUT2D eigenvalue weighted by Crippen LogP contribution is 2.14. The Labute approximate surface area is 112 Å². The quantitative estimate of drug-likeness (QED) is 0.860. The van der Waals surface area contributed by atoms with Gasteiger partial charge in [-0.25, -0.2) is 0 Å². The molecule has 0 aliphatic carbocycles. The number of aromatic nitrogens is 2. The molecule has 2 aromatic rings. The third kappa shape index (κ3) is 3.84. The molecule has 0 saturated carbocycles. The van der Waals surface area contributed by atoms with E-state index in [9.17, 15) is 4.79 Å². The first-order valence-electron chi connectivity index (χ1n) is 6.15. The highest BCUT2D eigenvalue weighted by Gasteiger charge is 2.11. The second kappa shape index (κ2) is 6.04. The van der Waals surface area contributed by atoms with E-state index in [1.807, 2.05) is 54.5 Å². The van der Waals surface area contributed by atoms with Crippen LogP contribution in [0.1, 0.15) is 12.0 Å². The lowest BCUT2D eigenvalue weighted by molar-refractivity contribution is -0.136. The highest BCUT2D eigenvalue weighted by molar-refractivity contribution is 5.67. The minimum Gasteiger partial charge on any atom is -0.481 e. The summed E-state index contributed by atoms with van der Waals surface area (Å²) in [7, 11) is 1.85. The van der Waals surface area contributed by atoms with Gasteiger partial charge in [-0.3, -0.25) is 9.48 Å². The van der Waals surface area contributed by atoms with Crippen LogP contribution in [-0.2, 0) is 18.4 Å². The molecule has 0 aliphatic heterocycles. The van der Waals surface area contributed by atoms with Crippen molar-refractivity contribution in [1.82, 2.24) is 9.78 Å². The molecule has 0 bridgehead atoms. The average Bonchev–Trinajstić information content (AvgIpc) is 2.82. The fourth-order valence-corrected chi connectivity index (χ4v) is 1.88. The molecule has 5 heteroatoms. The zero-order chi connectivity index (χ0) is 13.7. The molecular weight excluding hydrogens is 242 g/mol. The van der Waals surface area contributed by atoms with Crippen LogP contribution in [0.2, 0.25) is 0 Å². The van der Waals surface area contributed by atoms with Gasteiger partial charge in [0.25, 0.3) is 0 Å².